The van der Waals surface area contributed by atoms with Gasteiger partial charge in [0.25, 0.3) is 0 Å². The van der Waals surface area contributed by atoms with Crippen molar-refractivity contribution in [2.24, 2.45) is 0 Å². The maximum absolute atomic E-state index is 5.83. The average molecular weight is 291 g/mol. The van der Waals surface area contributed by atoms with Crippen LogP contribution in [0.1, 0.15) is 11.9 Å². The largest absolute Gasteiger partial charge is 0.491 e. The molecule has 2 unspecified atom stereocenters. The highest BCUT2D eigenvalue weighted by Gasteiger charge is 2.27. The smallest absolute Gasteiger partial charge is 0.184 e. The number of hydrogen-bond donors (Lipinski definition) is 0. The molecule has 1 aliphatic heterocycles. The molecular weight excluding hydrogens is 276 g/mol. The van der Waals surface area contributed by atoms with Gasteiger partial charge in [-0.2, -0.15) is 0 Å². The fourth-order valence-electron chi connectivity index (χ4n) is 2.04. The molecular formula is C16H15ClO3. The second kappa shape index (κ2) is 6.27. The summed E-state index contributed by atoms with van der Waals surface area (Å²) in [5.41, 5.74) is 1.03. The zero-order valence-corrected chi connectivity index (χ0v) is 11.6. The Balaban J connectivity index is 1.52. The molecule has 1 heterocycles. The third-order valence-electron chi connectivity index (χ3n) is 3.07. The summed E-state index contributed by atoms with van der Waals surface area (Å²) in [6.07, 6.45) is -0.356. The van der Waals surface area contributed by atoms with Gasteiger partial charge in [0.05, 0.1) is 6.61 Å². The molecule has 0 saturated carbocycles. The van der Waals surface area contributed by atoms with Crippen LogP contribution in [0.2, 0.25) is 5.02 Å². The van der Waals surface area contributed by atoms with Crippen LogP contribution in [0.4, 0.5) is 0 Å². The van der Waals surface area contributed by atoms with Crippen molar-refractivity contribution in [3.05, 3.63) is 65.2 Å². The van der Waals surface area contributed by atoms with Gasteiger partial charge in [0.1, 0.15) is 18.5 Å². The van der Waals surface area contributed by atoms with Gasteiger partial charge in [0.2, 0.25) is 0 Å². The van der Waals surface area contributed by atoms with Crippen LogP contribution < -0.4 is 4.74 Å². The van der Waals surface area contributed by atoms with Crippen LogP contribution >= 0.6 is 11.6 Å². The van der Waals surface area contributed by atoms with Crippen molar-refractivity contribution in [1.82, 2.24) is 0 Å². The van der Waals surface area contributed by atoms with Gasteiger partial charge in [0, 0.05) is 10.6 Å². The van der Waals surface area contributed by atoms with Crippen LogP contribution in [0.5, 0.6) is 5.75 Å². The normalized spacial score (nSPS) is 21.9. The fourth-order valence-corrected chi connectivity index (χ4v) is 2.17. The molecule has 1 fully saturated rings. The molecule has 0 amide bonds. The molecule has 104 valence electrons. The number of halogens is 1. The summed E-state index contributed by atoms with van der Waals surface area (Å²) >= 11 is 5.83. The Kier molecular flexibility index (Phi) is 4.21. The predicted octanol–water partition coefficient (Wildman–Crippen LogP) is 3.83. The Labute approximate surface area is 123 Å². The van der Waals surface area contributed by atoms with E-state index in [9.17, 15) is 0 Å². The maximum Gasteiger partial charge on any atom is 0.184 e. The molecule has 20 heavy (non-hydrogen) atoms. The highest BCUT2D eigenvalue weighted by molar-refractivity contribution is 6.30. The van der Waals surface area contributed by atoms with Gasteiger partial charge in [-0.3, -0.25) is 0 Å². The number of benzene rings is 2. The van der Waals surface area contributed by atoms with E-state index in [1.54, 1.807) is 12.1 Å². The summed E-state index contributed by atoms with van der Waals surface area (Å²) in [7, 11) is 0. The minimum atomic E-state index is -0.296. The summed E-state index contributed by atoms with van der Waals surface area (Å²) < 4.78 is 17.1. The summed E-state index contributed by atoms with van der Waals surface area (Å²) in [4.78, 5) is 0. The van der Waals surface area contributed by atoms with E-state index in [4.69, 9.17) is 25.8 Å². The first-order valence-corrected chi connectivity index (χ1v) is 6.89. The van der Waals surface area contributed by atoms with Crippen molar-refractivity contribution in [3.63, 3.8) is 0 Å². The second-order valence-corrected chi connectivity index (χ2v) is 5.04. The van der Waals surface area contributed by atoms with E-state index < -0.39 is 0 Å². The second-order valence-electron chi connectivity index (χ2n) is 4.60. The molecule has 2 aromatic rings. The first-order chi connectivity index (χ1) is 9.81. The van der Waals surface area contributed by atoms with E-state index in [0.29, 0.717) is 18.2 Å². The number of ether oxygens (including phenoxy) is 3. The highest BCUT2D eigenvalue weighted by atomic mass is 35.5. The first kappa shape index (κ1) is 13.4. The van der Waals surface area contributed by atoms with E-state index in [2.05, 4.69) is 0 Å². The molecule has 0 bridgehead atoms. The topological polar surface area (TPSA) is 27.7 Å². The van der Waals surface area contributed by atoms with E-state index >= 15 is 0 Å². The van der Waals surface area contributed by atoms with Crippen molar-refractivity contribution in [3.8, 4) is 5.75 Å². The van der Waals surface area contributed by atoms with Gasteiger partial charge in [0.15, 0.2) is 6.29 Å². The predicted molar refractivity (Wildman–Crippen MR) is 77.0 cm³/mol. The van der Waals surface area contributed by atoms with Crippen LogP contribution in [0.15, 0.2) is 54.6 Å². The van der Waals surface area contributed by atoms with Crippen molar-refractivity contribution >= 4 is 11.6 Å². The standard InChI is InChI=1S/C16H15ClO3/c17-13-6-8-14(9-7-13)18-10-15-11-19-16(20-15)12-4-2-1-3-5-12/h1-9,15-16H,10-11H2. The maximum atomic E-state index is 5.83. The van der Waals surface area contributed by atoms with Gasteiger partial charge >= 0.3 is 0 Å². The molecule has 2 atom stereocenters. The lowest BCUT2D eigenvalue weighted by Gasteiger charge is -2.12. The lowest BCUT2D eigenvalue weighted by atomic mass is 10.2. The molecule has 3 rings (SSSR count). The van der Waals surface area contributed by atoms with Crippen LogP contribution in [0.25, 0.3) is 0 Å². The first-order valence-electron chi connectivity index (χ1n) is 6.51. The van der Waals surface area contributed by atoms with E-state index in [-0.39, 0.29) is 12.4 Å². The van der Waals surface area contributed by atoms with Gasteiger partial charge in [-0.1, -0.05) is 41.9 Å². The molecule has 4 heteroatoms. The third kappa shape index (κ3) is 3.31. The van der Waals surface area contributed by atoms with Gasteiger partial charge in [-0.15, -0.1) is 0 Å². The Bertz CT molecular complexity index is 541. The fraction of sp³-hybridized carbons (Fsp3) is 0.250. The molecule has 0 radical (unpaired) electrons. The Morgan fingerprint density at radius 1 is 1.05 bits per heavy atom. The van der Waals surface area contributed by atoms with Crippen LogP contribution in [-0.2, 0) is 9.47 Å². The molecule has 0 aliphatic carbocycles. The molecule has 3 nitrogen and oxygen atoms in total. The quantitative estimate of drug-likeness (QED) is 0.856. The Morgan fingerprint density at radius 2 is 1.80 bits per heavy atom. The van der Waals surface area contributed by atoms with Crippen molar-refractivity contribution in [1.29, 1.82) is 0 Å². The van der Waals surface area contributed by atoms with Crippen molar-refractivity contribution < 1.29 is 14.2 Å². The SMILES string of the molecule is Clc1ccc(OCC2COC(c3ccccc3)O2)cc1. The van der Waals surface area contributed by atoms with E-state index in [0.717, 1.165) is 11.3 Å². The van der Waals surface area contributed by atoms with Crippen LogP contribution in [0, 0.1) is 0 Å². The number of rotatable bonds is 4. The monoisotopic (exact) mass is 290 g/mol. The van der Waals surface area contributed by atoms with E-state index in [1.165, 1.54) is 0 Å². The summed E-state index contributed by atoms with van der Waals surface area (Å²) in [6, 6.07) is 17.2. The Hall–Kier alpha value is -1.55. The third-order valence-corrected chi connectivity index (χ3v) is 3.32. The lowest BCUT2D eigenvalue weighted by molar-refractivity contribution is -0.0659. The minimum absolute atomic E-state index is 0.0594. The minimum Gasteiger partial charge on any atom is -0.491 e. The zero-order valence-electron chi connectivity index (χ0n) is 10.9. The molecule has 0 spiro atoms. The van der Waals surface area contributed by atoms with Crippen LogP contribution in [-0.4, -0.2) is 19.3 Å². The van der Waals surface area contributed by atoms with Gasteiger partial charge in [-0.25, -0.2) is 0 Å². The summed E-state index contributed by atoms with van der Waals surface area (Å²) in [6.45, 7) is 0.998. The van der Waals surface area contributed by atoms with Gasteiger partial charge < -0.3 is 14.2 Å². The lowest BCUT2D eigenvalue weighted by Crippen LogP contribution is -2.19. The highest BCUT2D eigenvalue weighted by Crippen LogP contribution is 2.27. The average Bonchev–Trinajstić information content (AvgIpc) is 2.97. The van der Waals surface area contributed by atoms with Crippen molar-refractivity contribution in [2.75, 3.05) is 13.2 Å². The van der Waals surface area contributed by atoms with E-state index in [1.807, 2.05) is 42.5 Å². The molecule has 1 aliphatic rings. The molecule has 0 aromatic heterocycles. The zero-order chi connectivity index (χ0) is 13.8. The molecule has 2 aromatic carbocycles. The van der Waals surface area contributed by atoms with Crippen LogP contribution in [0.3, 0.4) is 0 Å². The van der Waals surface area contributed by atoms with Crippen molar-refractivity contribution in [2.45, 2.75) is 12.4 Å². The number of hydrogen-bond acceptors (Lipinski definition) is 3. The summed E-state index contributed by atoms with van der Waals surface area (Å²) in [5, 5.41) is 0.696. The molecule has 0 N–H and O–H groups in total. The molecule has 1 saturated heterocycles. The van der Waals surface area contributed by atoms with Gasteiger partial charge in [-0.05, 0) is 24.3 Å². The Morgan fingerprint density at radius 3 is 2.55 bits per heavy atom. The summed E-state index contributed by atoms with van der Waals surface area (Å²) in [5.74, 6) is 0.779.